The highest BCUT2D eigenvalue weighted by Gasteiger charge is 2.43. The molecule has 4 rings (SSSR count). The molecule has 2 aromatic carbocycles. The topological polar surface area (TPSA) is 49.4 Å². The largest absolute Gasteiger partial charge is 0.352 e. The first-order chi connectivity index (χ1) is 12.2. The fourth-order valence-corrected chi connectivity index (χ4v) is 4.11. The fourth-order valence-electron chi connectivity index (χ4n) is 4.11. The van der Waals surface area contributed by atoms with Crippen molar-refractivity contribution in [1.29, 1.82) is 0 Å². The highest BCUT2D eigenvalue weighted by molar-refractivity contribution is 5.98. The van der Waals surface area contributed by atoms with Crippen LogP contribution in [0.4, 0.5) is 0 Å². The molecule has 2 amide bonds. The normalized spacial score (nSPS) is 18.3. The van der Waals surface area contributed by atoms with E-state index in [1.807, 2.05) is 47.4 Å². The summed E-state index contributed by atoms with van der Waals surface area (Å²) in [4.78, 5) is 26.6. The number of rotatable bonds is 4. The Hall–Kier alpha value is -2.36. The zero-order valence-electron chi connectivity index (χ0n) is 14.5. The van der Waals surface area contributed by atoms with Gasteiger partial charge in [-0.1, -0.05) is 36.8 Å². The molecule has 1 saturated heterocycles. The van der Waals surface area contributed by atoms with Crippen molar-refractivity contribution in [1.82, 2.24) is 10.2 Å². The molecular weight excluding hydrogens is 312 g/mol. The first kappa shape index (κ1) is 16.1. The predicted octanol–water partition coefficient (Wildman–Crippen LogP) is 3.36. The van der Waals surface area contributed by atoms with Crippen LogP contribution in [0, 0.1) is 5.41 Å². The summed E-state index contributed by atoms with van der Waals surface area (Å²) in [6, 6.07) is 13.7. The fraction of sp³-hybridized carbons (Fsp3) is 0.429. The van der Waals surface area contributed by atoms with Crippen molar-refractivity contribution >= 4 is 22.6 Å². The van der Waals surface area contributed by atoms with Crippen LogP contribution in [0.15, 0.2) is 42.5 Å². The van der Waals surface area contributed by atoms with E-state index in [1.54, 1.807) is 0 Å². The van der Waals surface area contributed by atoms with Gasteiger partial charge in [0.2, 0.25) is 5.91 Å². The van der Waals surface area contributed by atoms with Crippen molar-refractivity contribution in [3.8, 4) is 0 Å². The number of benzene rings is 2. The Morgan fingerprint density at radius 2 is 1.84 bits per heavy atom. The van der Waals surface area contributed by atoms with Crippen molar-refractivity contribution in [2.45, 2.75) is 32.1 Å². The van der Waals surface area contributed by atoms with Crippen LogP contribution < -0.4 is 5.32 Å². The van der Waals surface area contributed by atoms with Gasteiger partial charge < -0.3 is 10.2 Å². The molecule has 0 aromatic heterocycles. The molecule has 1 aliphatic heterocycles. The molecule has 4 heteroatoms. The number of carbonyl (C=O) groups is 2. The standard InChI is InChI=1S/C21H24N2O2/c24-19(23-13-11-21(15-23)9-3-10-21)8-12-22-20(25)18-7-6-16-4-1-2-5-17(16)14-18/h1-2,4-7,14H,3,8-13,15H2,(H,22,25). The zero-order valence-corrected chi connectivity index (χ0v) is 14.5. The van der Waals surface area contributed by atoms with Crippen LogP contribution in [0.25, 0.3) is 10.8 Å². The molecule has 0 radical (unpaired) electrons. The molecule has 130 valence electrons. The lowest BCUT2D eigenvalue weighted by Crippen LogP contribution is -2.37. The highest BCUT2D eigenvalue weighted by atomic mass is 16.2. The van der Waals surface area contributed by atoms with Gasteiger partial charge in [0, 0.05) is 31.6 Å². The molecular formula is C21H24N2O2. The van der Waals surface area contributed by atoms with Crippen LogP contribution >= 0.6 is 0 Å². The van der Waals surface area contributed by atoms with Crippen molar-refractivity contribution < 1.29 is 9.59 Å². The highest BCUT2D eigenvalue weighted by Crippen LogP contribution is 2.47. The third-order valence-electron chi connectivity index (χ3n) is 5.84. The number of nitrogens with one attached hydrogen (secondary N) is 1. The number of hydrogen-bond acceptors (Lipinski definition) is 2. The van der Waals surface area contributed by atoms with Crippen LogP contribution in [0.2, 0.25) is 0 Å². The second kappa shape index (κ2) is 6.51. The molecule has 2 aromatic rings. The van der Waals surface area contributed by atoms with E-state index in [-0.39, 0.29) is 11.8 Å². The molecule has 1 N–H and O–H groups in total. The van der Waals surface area contributed by atoms with Crippen LogP contribution in [-0.2, 0) is 4.79 Å². The average Bonchev–Trinajstić information content (AvgIpc) is 3.07. The quantitative estimate of drug-likeness (QED) is 0.931. The summed E-state index contributed by atoms with van der Waals surface area (Å²) in [6.07, 6.45) is 5.40. The number of nitrogens with zero attached hydrogens (tertiary/aromatic N) is 1. The number of likely N-dealkylation sites (tertiary alicyclic amines) is 1. The summed E-state index contributed by atoms with van der Waals surface area (Å²) in [5.74, 6) is 0.0537. The van der Waals surface area contributed by atoms with Crippen LogP contribution in [-0.4, -0.2) is 36.3 Å². The summed E-state index contributed by atoms with van der Waals surface area (Å²) in [6.45, 7) is 2.20. The van der Waals surface area contributed by atoms with Gasteiger partial charge in [0.25, 0.3) is 5.91 Å². The first-order valence-corrected chi connectivity index (χ1v) is 9.20. The third-order valence-corrected chi connectivity index (χ3v) is 5.84. The van der Waals surface area contributed by atoms with Crippen molar-refractivity contribution in [3.05, 3.63) is 48.0 Å². The maximum Gasteiger partial charge on any atom is 0.251 e. The van der Waals surface area contributed by atoms with E-state index < -0.39 is 0 Å². The number of hydrogen-bond donors (Lipinski definition) is 1. The molecule has 1 saturated carbocycles. The molecule has 25 heavy (non-hydrogen) atoms. The Morgan fingerprint density at radius 3 is 2.56 bits per heavy atom. The van der Waals surface area contributed by atoms with Crippen molar-refractivity contribution in [2.24, 2.45) is 5.41 Å². The van der Waals surface area contributed by atoms with Crippen LogP contribution in [0.1, 0.15) is 42.5 Å². The number of amides is 2. The van der Waals surface area contributed by atoms with Gasteiger partial charge in [-0.3, -0.25) is 9.59 Å². The minimum atomic E-state index is -0.115. The van der Waals surface area contributed by atoms with Crippen LogP contribution in [0.5, 0.6) is 0 Å². The van der Waals surface area contributed by atoms with E-state index in [1.165, 1.54) is 19.3 Å². The van der Waals surface area contributed by atoms with Crippen LogP contribution in [0.3, 0.4) is 0 Å². The maximum atomic E-state index is 12.3. The van der Waals surface area contributed by atoms with Gasteiger partial charge in [-0.25, -0.2) is 0 Å². The Bertz CT molecular complexity index is 810. The van der Waals surface area contributed by atoms with Gasteiger partial charge in [0.05, 0.1) is 0 Å². The molecule has 0 atom stereocenters. The van der Waals surface area contributed by atoms with Gasteiger partial charge in [-0.15, -0.1) is 0 Å². The van der Waals surface area contributed by atoms with Gasteiger partial charge in [0.1, 0.15) is 0 Å². The number of carbonyl (C=O) groups excluding carboxylic acids is 2. The van der Waals surface area contributed by atoms with E-state index in [9.17, 15) is 9.59 Å². The Morgan fingerprint density at radius 1 is 1.04 bits per heavy atom. The number of fused-ring (bicyclic) bond motifs is 1. The third kappa shape index (κ3) is 3.26. The van der Waals surface area contributed by atoms with Gasteiger partial charge in [0.15, 0.2) is 0 Å². The molecule has 1 heterocycles. The minimum Gasteiger partial charge on any atom is -0.352 e. The maximum absolute atomic E-state index is 12.3. The smallest absolute Gasteiger partial charge is 0.251 e. The molecule has 0 unspecified atom stereocenters. The van der Waals surface area contributed by atoms with E-state index in [4.69, 9.17) is 0 Å². The lowest BCUT2D eigenvalue weighted by Gasteiger charge is -2.37. The monoisotopic (exact) mass is 336 g/mol. The zero-order chi connectivity index (χ0) is 17.3. The summed E-state index contributed by atoms with van der Waals surface area (Å²) < 4.78 is 0. The Kier molecular flexibility index (Phi) is 4.20. The molecule has 4 nitrogen and oxygen atoms in total. The van der Waals surface area contributed by atoms with E-state index in [0.29, 0.717) is 23.9 Å². The lowest BCUT2D eigenvalue weighted by molar-refractivity contribution is -0.130. The predicted molar refractivity (Wildman–Crippen MR) is 98.4 cm³/mol. The SMILES string of the molecule is O=C(NCCC(=O)N1CCC2(CCC2)C1)c1ccc2ccccc2c1. The summed E-state index contributed by atoms with van der Waals surface area (Å²) >= 11 is 0. The molecule has 2 fully saturated rings. The summed E-state index contributed by atoms with van der Waals surface area (Å²) in [7, 11) is 0. The van der Waals surface area contributed by atoms with E-state index in [2.05, 4.69) is 5.32 Å². The van der Waals surface area contributed by atoms with Crippen molar-refractivity contribution in [3.63, 3.8) is 0 Å². The van der Waals surface area contributed by atoms with E-state index >= 15 is 0 Å². The molecule has 0 bridgehead atoms. The lowest BCUT2D eigenvalue weighted by atomic mass is 9.68. The summed E-state index contributed by atoms with van der Waals surface area (Å²) in [5.41, 5.74) is 1.07. The minimum absolute atomic E-state index is 0.115. The van der Waals surface area contributed by atoms with E-state index in [0.717, 1.165) is 30.3 Å². The summed E-state index contributed by atoms with van der Waals surface area (Å²) in [5, 5.41) is 5.05. The van der Waals surface area contributed by atoms with Gasteiger partial charge in [-0.2, -0.15) is 0 Å². The van der Waals surface area contributed by atoms with Gasteiger partial charge >= 0.3 is 0 Å². The Balaban J connectivity index is 1.29. The average molecular weight is 336 g/mol. The Labute approximate surface area is 148 Å². The second-order valence-electron chi connectivity index (χ2n) is 7.49. The first-order valence-electron chi connectivity index (χ1n) is 9.20. The second-order valence-corrected chi connectivity index (χ2v) is 7.49. The molecule has 1 aliphatic carbocycles. The molecule has 2 aliphatic rings. The van der Waals surface area contributed by atoms with Crippen molar-refractivity contribution in [2.75, 3.05) is 19.6 Å². The van der Waals surface area contributed by atoms with Gasteiger partial charge in [-0.05, 0) is 47.6 Å². The molecule has 1 spiro atoms.